The summed E-state index contributed by atoms with van der Waals surface area (Å²) in [5, 5.41) is 2.82. The van der Waals surface area contributed by atoms with Crippen LogP contribution in [0.1, 0.15) is 36.8 Å². The molecule has 2 aromatic rings. The number of nitrogens with one attached hydrogen (secondary N) is 1. The van der Waals surface area contributed by atoms with Crippen LogP contribution in [0.4, 0.5) is 10.6 Å². The van der Waals surface area contributed by atoms with Crippen LogP contribution in [-0.2, 0) is 15.9 Å². The van der Waals surface area contributed by atoms with E-state index in [0.29, 0.717) is 6.42 Å². The number of aromatic nitrogens is 1. The van der Waals surface area contributed by atoms with Gasteiger partial charge in [-0.1, -0.05) is 30.3 Å². The van der Waals surface area contributed by atoms with Gasteiger partial charge >= 0.3 is 12.1 Å². The first-order chi connectivity index (χ1) is 13.7. The van der Waals surface area contributed by atoms with Gasteiger partial charge < -0.3 is 25.3 Å². The molecule has 1 aromatic heterocycles. The van der Waals surface area contributed by atoms with Gasteiger partial charge in [-0.05, 0) is 44.9 Å². The van der Waals surface area contributed by atoms with Crippen LogP contribution < -0.4 is 15.8 Å². The number of nitrogen functional groups attached to an aromatic ring is 1. The molecule has 1 atom stereocenters. The van der Waals surface area contributed by atoms with E-state index in [4.69, 9.17) is 19.9 Å². The zero-order valence-corrected chi connectivity index (χ0v) is 17.1. The molecule has 0 aliphatic rings. The number of anilines is 1. The third-order valence-corrected chi connectivity index (χ3v) is 3.74. The second-order valence-electron chi connectivity index (χ2n) is 7.42. The van der Waals surface area contributed by atoms with E-state index in [0.717, 1.165) is 5.56 Å². The molecule has 3 N–H and O–H groups in total. The van der Waals surface area contributed by atoms with Gasteiger partial charge in [0.2, 0.25) is 0 Å². The van der Waals surface area contributed by atoms with Gasteiger partial charge in [0.15, 0.2) is 11.4 Å². The molecule has 8 nitrogen and oxygen atoms in total. The lowest BCUT2D eigenvalue weighted by Crippen LogP contribution is -2.43. The van der Waals surface area contributed by atoms with E-state index >= 15 is 0 Å². The highest BCUT2D eigenvalue weighted by molar-refractivity contribution is 5.90. The first-order valence-electron chi connectivity index (χ1n) is 9.19. The number of amides is 1. The minimum absolute atomic E-state index is 0.0248. The number of pyridine rings is 1. The molecule has 1 aromatic carbocycles. The van der Waals surface area contributed by atoms with Gasteiger partial charge in [-0.15, -0.1) is 0 Å². The summed E-state index contributed by atoms with van der Waals surface area (Å²) in [6.07, 6.45) is -0.0404. The summed E-state index contributed by atoms with van der Waals surface area (Å²) < 4.78 is 15.9. The van der Waals surface area contributed by atoms with E-state index in [-0.39, 0.29) is 23.9 Å². The SMILES string of the molecule is COC(=O)c1nc(N)ccc1OCC(Cc1ccccc1)NC(=O)OC(C)(C)C. The minimum atomic E-state index is -0.660. The number of carbonyl (C=O) groups is 2. The summed E-state index contributed by atoms with van der Waals surface area (Å²) in [7, 11) is 1.25. The van der Waals surface area contributed by atoms with Crippen molar-refractivity contribution in [3.63, 3.8) is 0 Å². The number of nitrogens with two attached hydrogens (primary N) is 1. The Morgan fingerprint density at radius 2 is 1.83 bits per heavy atom. The van der Waals surface area contributed by atoms with E-state index < -0.39 is 23.7 Å². The van der Waals surface area contributed by atoms with Crippen molar-refractivity contribution in [1.29, 1.82) is 0 Å². The topological polar surface area (TPSA) is 113 Å². The van der Waals surface area contributed by atoms with Crippen molar-refractivity contribution < 1.29 is 23.8 Å². The van der Waals surface area contributed by atoms with Crippen LogP contribution in [0.5, 0.6) is 5.75 Å². The van der Waals surface area contributed by atoms with Gasteiger partial charge in [-0.25, -0.2) is 14.6 Å². The number of alkyl carbamates (subject to hydrolysis) is 1. The first kappa shape index (κ1) is 22.0. The first-order valence-corrected chi connectivity index (χ1v) is 9.19. The molecule has 0 aliphatic heterocycles. The summed E-state index contributed by atoms with van der Waals surface area (Å²) >= 11 is 0. The molecule has 2 rings (SSSR count). The number of rotatable bonds is 7. The van der Waals surface area contributed by atoms with E-state index in [9.17, 15) is 9.59 Å². The average Bonchev–Trinajstić information content (AvgIpc) is 2.65. The van der Waals surface area contributed by atoms with Crippen LogP contribution in [0, 0.1) is 0 Å². The summed E-state index contributed by atoms with van der Waals surface area (Å²) in [5.74, 6) is -0.271. The maximum absolute atomic E-state index is 12.2. The third-order valence-electron chi connectivity index (χ3n) is 3.74. The van der Waals surface area contributed by atoms with Crippen LogP contribution in [0.2, 0.25) is 0 Å². The maximum atomic E-state index is 12.2. The quantitative estimate of drug-likeness (QED) is 0.686. The summed E-state index contributed by atoms with van der Waals surface area (Å²) in [5.41, 5.74) is 6.02. The van der Waals surface area contributed by atoms with Crippen molar-refractivity contribution in [2.24, 2.45) is 0 Å². The highest BCUT2D eigenvalue weighted by atomic mass is 16.6. The van der Waals surface area contributed by atoms with E-state index in [1.54, 1.807) is 26.8 Å². The molecule has 0 fully saturated rings. The van der Waals surface area contributed by atoms with Gasteiger partial charge in [0.05, 0.1) is 13.2 Å². The third kappa shape index (κ3) is 7.33. The number of benzene rings is 1. The number of nitrogens with zero attached hydrogens (tertiary/aromatic N) is 1. The van der Waals surface area contributed by atoms with Crippen LogP contribution in [0.15, 0.2) is 42.5 Å². The predicted octanol–water partition coefficient (Wildman–Crippen LogP) is 2.97. The Morgan fingerprint density at radius 3 is 2.45 bits per heavy atom. The Balaban J connectivity index is 2.15. The number of ether oxygens (including phenoxy) is 3. The van der Waals surface area contributed by atoms with Gasteiger partial charge in [0.25, 0.3) is 0 Å². The Kier molecular flexibility index (Phi) is 7.41. The molecule has 156 valence electrons. The fraction of sp³-hybridized carbons (Fsp3) is 0.381. The largest absolute Gasteiger partial charge is 0.489 e. The van der Waals surface area contributed by atoms with Crippen molar-refractivity contribution >= 4 is 17.9 Å². The second kappa shape index (κ2) is 9.77. The van der Waals surface area contributed by atoms with Crippen LogP contribution >= 0.6 is 0 Å². The lowest BCUT2D eigenvalue weighted by molar-refractivity contribution is 0.0483. The van der Waals surface area contributed by atoms with E-state index in [1.807, 2.05) is 30.3 Å². The molecular formula is C21H27N3O5. The summed E-state index contributed by atoms with van der Waals surface area (Å²) in [6, 6.07) is 12.3. The predicted molar refractivity (Wildman–Crippen MR) is 109 cm³/mol. The highest BCUT2D eigenvalue weighted by Crippen LogP contribution is 2.20. The fourth-order valence-corrected chi connectivity index (χ4v) is 2.54. The Morgan fingerprint density at radius 1 is 1.14 bits per heavy atom. The standard InChI is InChI=1S/C21H27N3O5/c1-21(2,3)29-20(26)23-15(12-14-8-6-5-7-9-14)13-28-16-10-11-17(22)24-18(16)19(25)27-4/h5-11,15H,12-13H2,1-4H3,(H2,22,24)(H,23,26). The highest BCUT2D eigenvalue weighted by Gasteiger charge is 2.22. The Bertz CT molecular complexity index is 834. The lowest BCUT2D eigenvalue weighted by atomic mass is 10.1. The number of methoxy groups -OCH3 is 1. The summed E-state index contributed by atoms with van der Waals surface area (Å²) in [4.78, 5) is 28.2. The van der Waals surface area contributed by atoms with E-state index in [1.165, 1.54) is 13.2 Å². The second-order valence-corrected chi connectivity index (χ2v) is 7.42. The molecule has 0 saturated carbocycles. The Labute approximate surface area is 170 Å². The number of hydrogen-bond acceptors (Lipinski definition) is 7. The average molecular weight is 401 g/mol. The minimum Gasteiger partial charge on any atom is -0.489 e. The zero-order chi connectivity index (χ0) is 21.4. The molecule has 0 radical (unpaired) electrons. The molecule has 0 saturated heterocycles. The molecule has 8 heteroatoms. The smallest absolute Gasteiger partial charge is 0.408 e. The van der Waals surface area contributed by atoms with Crippen LogP contribution in [-0.4, -0.2) is 42.4 Å². The van der Waals surface area contributed by atoms with Crippen molar-refractivity contribution in [1.82, 2.24) is 10.3 Å². The molecule has 1 amide bonds. The van der Waals surface area contributed by atoms with Gasteiger partial charge in [-0.2, -0.15) is 0 Å². The monoisotopic (exact) mass is 401 g/mol. The van der Waals surface area contributed by atoms with Crippen molar-refractivity contribution in [2.45, 2.75) is 38.8 Å². The van der Waals surface area contributed by atoms with E-state index in [2.05, 4.69) is 10.3 Å². The zero-order valence-electron chi connectivity index (χ0n) is 17.1. The van der Waals surface area contributed by atoms with Crippen LogP contribution in [0.3, 0.4) is 0 Å². The number of hydrogen-bond donors (Lipinski definition) is 2. The number of carbonyl (C=O) groups excluding carboxylic acids is 2. The molecule has 1 heterocycles. The molecule has 0 aliphatic carbocycles. The Hall–Kier alpha value is -3.29. The van der Waals surface area contributed by atoms with Crippen molar-refractivity contribution in [3.8, 4) is 5.75 Å². The molecule has 1 unspecified atom stereocenters. The molecule has 29 heavy (non-hydrogen) atoms. The molecule has 0 bridgehead atoms. The molecule has 0 spiro atoms. The fourth-order valence-electron chi connectivity index (χ4n) is 2.54. The van der Waals surface area contributed by atoms with Crippen LogP contribution in [0.25, 0.3) is 0 Å². The van der Waals surface area contributed by atoms with Gasteiger partial charge in [0, 0.05) is 0 Å². The normalized spacial score (nSPS) is 12.0. The number of esters is 1. The van der Waals surface area contributed by atoms with Crippen molar-refractivity contribution in [2.75, 3.05) is 19.5 Å². The van der Waals surface area contributed by atoms with Gasteiger partial charge in [-0.3, -0.25) is 0 Å². The molecular weight excluding hydrogens is 374 g/mol. The van der Waals surface area contributed by atoms with Crippen molar-refractivity contribution in [3.05, 3.63) is 53.7 Å². The lowest BCUT2D eigenvalue weighted by Gasteiger charge is -2.24. The summed E-state index contributed by atoms with van der Waals surface area (Å²) in [6.45, 7) is 5.46. The van der Waals surface area contributed by atoms with Gasteiger partial charge in [0.1, 0.15) is 18.0 Å². The maximum Gasteiger partial charge on any atom is 0.408 e.